The monoisotopic (exact) mass is 644 g/mol. The summed E-state index contributed by atoms with van der Waals surface area (Å²) < 4.78 is 40.2. The van der Waals surface area contributed by atoms with Crippen molar-refractivity contribution >= 4 is 0 Å². The molecule has 6 nitrogen and oxygen atoms in total. The van der Waals surface area contributed by atoms with Crippen LogP contribution in [0.5, 0.6) is 5.75 Å². The van der Waals surface area contributed by atoms with Gasteiger partial charge in [0, 0.05) is 0 Å². The van der Waals surface area contributed by atoms with E-state index < -0.39 is 30.7 Å². The molecule has 0 bridgehead atoms. The summed E-state index contributed by atoms with van der Waals surface area (Å²) in [5.74, 6) is 0.769. The van der Waals surface area contributed by atoms with Gasteiger partial charge in [-0.1, -0.05) is 140 Å². The number of aryl methyl sites for hydroxylation is 2. The smallest absolute Gasteiger partial charge is 0.229 e. The molecular weight excluding hydrogens is 600 g/mol. The molecule has 0 saturated carbocycles. The van der Waals surface area contributed by atoms with E-state index in [1.807, 2.05) is 105 Å². The van der Waals surface area contributed by atoms with E-state index in [0.29, 0.717) is 26.4 Å². The summed E-state index contributed by atoms with van der Waals surface area (Å²) in [6.45, 7) is 5.91. The lowest BCUT2D eigenvalue weighted by molar-refractivity contribution is -0.310. The van der Waals surface area contributed by atoms with Crippen LogP contribution >= 0.6 is 0 Å². The molecule has 5 aromatic rings. The van der Waals surface area contributed by atoms with Gasteiger partial charge in [0.05, 0.1) is 33.0 Å². The maximum Gasteiger partial charge on any atom is 0.229 e. The Balaban J connectivity index is 1.34. The van der Waals surface area contributed by atoms with E-state index in [4.69, 9.17) is 28.4 Å². The zero-order valence-electron chi connectivity index (χ0n) is 27.7. The van der Waals surface area contributed by atoms with Gasteiger partial charge < -0.3 is 28.4 Å². The van der Waals surface area contributed by atoms with Gasteiger partial charge in [0.25, 0.3) is 0 Å². The van der Waals surface area contributed by atoms with E-state index >= 15 is 0 Å². The van der Waals surface area contributed by atoms with Gasteiger partial charge in [-0.25, -0.2) is 0 Å². The predicted molar refractivity (Wildman–Crippen MR) is 186 cm³/mol. The van der Waals surface area contributed by atoms with Gasteiger partial charge in [-0.05, 0) is 47.2 Å². The topological polar surface area (TPSA) is 55.4 Å². The normalized spacial score (nSPS) is 20.8. The van der Waals surface area contributed by atoms with E-state index in [2.05, 4.69) is 48.5 Å². The molecule has 5 aromatic carbocycles. The second-order valence-corrected chi connectivity index (χ2v) is 12.2. The van der Waals surface area contributed by atoms with E-state index in [1.165, 1.54) is 0 Å². The van der Waals surface area contributed by atoms with Crippen LogP contribution in [0.1, 0.15) is 33.4 Å². The molecule has 0 radical (unpaired) electrons. The van der Waals surface area contributed by atoms with Gasteiger partial charge in [-0.2, -0.15) is 0 Å². The van der Waals surface area contributed by atoms with Crippen molar-refractivity contribution < 1.29 is 28.4 Å². The minimum atomic E-state index is -0.795. The number of hydrogen-bond acceptors (Lipinski definition) is 6. The van der Waals surface area contributed by atoms with E-state index in [9.17, 15) is 0 Å². The van der Waals surface area contributed by atoms with Crippen molar-refractivity contribution in [1.29, 1.82) is 0 Å². The molecule has 6 rings (SSSR count). The average Bonchev–Trinajstić information content (AvgIpc) is 3.13. The van der Waals surface area contributed by atoms with E-state index in [0.717, 1.165) is 39.1 Å². The van der Waals surface area contributed by atoms with Crippen LogP contribution < -0.4 is 4.74 Å². The Hall–Kier alpha value is -4.30. The molecule has 1 fully saturated rings. The minimum absolute atomic E-state index is 0.275. The molecule has 0 amide bonds. The highest BCUT2D eigenvalue weighted by molar-refractivity contribution is 5.40. The average molecular weight is 645 g/mol. The van der Waals surface area contributed by atoms with Crippen LogP contribution in [0.2, 0.25) is 0 Å². The fraction of sp³-hybridized carbons (Fsp3) is 0.286. The Morgan fingerprint density at radius 1 is 0.458 bits per heavy atom. The molecule has 1 saturated heterocycles. The molecule has 48 heavy (non-hydrogen) atoms. The van der Waals surface area contributed by atoms with Crippen LogP contribution in [0.4, 0.5) is 0 Å². The first-order chi connectivity index (χ1) is 23.6. The van der Waals surface area contributed by atoms with Crippen LogP contribution in [0.3, 0.4) is 0 Å². The highest BCUT2D eigenvalue weighted by Gasteiger charge is 2.50. The summed E-state index contributed by atoms with van der Waals surface area (Å²) in [6.07, 6.45) is -3.01. The summed E-state index contributed by atoms with van der Waals surface area (Å²) in [5, 5.41) is 0. The van der Waals surface area contributed by atoms with Crippen molar-refractivity contribution in [2.45, 2.75) is 71.0 Å². The van der Waals surface area contributed by atoms with Gasteiger partial charge in [0.15, 0.2) is 0 Å². The summed E-state index contributed by atoms with van der Waals surface area (Å²) in [7, 11) is 0. The highest BCUT2D eigenvalue weighted by Crippen LogP contribution is 2.34. The van der Waals surface area contributed by atoms with Gasteiger partial charge in [-0.15, -0.1) is 0 Å². The van der Waals surface area contributed by atoms with Crippen LogP contribution in [-0.4, -0.2) is 37.3 Å². The Labute approximate surface area is 284 Å². The standard InChI is InChI=1S/C42H44O6/c1-31-16-15-17-32(2)38(31)48-42-41(46-29-36-24-13-6-14-25-36)40(45-28-35-22-11-5-12-23-35)39(44-27-34-20-9-4-10-21-34)37(47-42)30-43-26-33-18-7-3-8-19-33/h3-25,37,39-42H,26-30H2,1-2H3/t37-,39-,40+,41-,42+/m1/s1. The van der Waals surface area contributed by atoms with Crippen molar-refractivity contribution in [3.05, 3.63) is 173 Å². The zero-order valence-corrected chi connectivity index (χ0v) is 27.7. The fourth-order valence-corrected chi connectivity index (χ4v) is 5.94. The number of benzene rings is 5. The van der Waals surface area contributed by atoms with Gasteiger partial charge in [0.2, 0.25) is 6.29 Å². The number of hydrogen-bond donors (Lipinski definition) is 0. The quantitative estimate of drug-likeness (QED) is 0.114. The van der Waals surface area contributed by atoms with Crippen LogP contribution in [-0.2, 0) is 50.1 Å². The van der Waals surface area contributed by atoms with Crippen molar-refractivity contribution in [3.8, 4) is 5.75 Å². The zero-order chi connectivity index (χ0) is 33.0. The first kappa shape index (κ1) is 33.6. The Morgan fingerprint density at radius 2 is 0.875 bits per heavy atom. The lowest BCUT2D eigenvalue weighted by Crippen LogP contribution is -2.62. The predicted octanol–water partition coefficient (Wildman–Crippen LogP) is 8.38. The molecule has 0 N–H and O–H groups in total. The third-order valence-corrected chi connectivity index (χ3v) is 8.48. The molecule has 1 aliphatic rings. The third-order valence-electron chi connectivity index (χ3n) is 8.48. The summed E-state index contributed by atoms with van der Waals surface area (Å²) in [5.41, 5.74) is 6.26. The molecule has 0 aromatic heterocycles. The lowest BCUT2D eigenvalue weighted by atomic mass is 9.97. The van der Waals surface area contributed by atoms with Gasteiger partial charge in [0.1, 0.15) is 30.2 Å². The number of para-hydroxylation sites is 1. The van der Waals surface area contributed by atoms with Crippen molar-refractivity contribution in [2.24, 2.45) is 0 Å². The lowest BCUT2D eigenvalue weighted by Gasteiger charge is -2.46. The van der Waals surface area contributed by atoms with Crippen LogP contribution in [0, 0.1) is 13.8 Å². The fourth-order valence-electron chi connectivity index (χ4n) is 5.94. The van der Waals surface area contributed by atoms with E-state index in [-0.39, 0.29) is 6.61 Å². The second-order valence-electron chi connectivity index (χ2n) is 12.2. The molecule has 1 heterocycles. The summed E-state index contributed by atoms with van der Waals surface area (Å²) in [6, 6.07) is 46.7. The molecule has 248 valence electrons. The molecule has 6 heteroatoms. The second kappa shape index (κ2) is 17.2. The van der Waals surface area contributed by atoms with Crippen LogP contribution in [0.15, 0.2) is 140 Å². The third kappa shape index (κ3) is 9.19. The molecule has 5 atom stereocenters. The summed E-state index contributed by atoms with van der Waals surface area (Å²) >= 11 is 0. The Bertz CT molecular complexity index is 1630. The maximum atomic E-state index is 6.85. The van der Waals surface area contributed by atoms with Crippen LogP contribution in [0.25, 0.3) is 0 Å². The number of rotatable bonds is 15. The van der Waals surface area contributed by atoms with E-state index in [1.54, 1.807) is 0 Å². The SMILES string of the molecule is Cc1cccc(C)c1O[C@@H]1O[C@H](COCc2ccccc2)[C@@H](OCc2ccccc2)[C@H](OCc2ccccc2)[C@H]1OCc1ccccc1. The van der Waals surface area contributed by atoms with Crippen molar-refractivity contribution in [3.63, 3.8) is 0 Å². The largest absolute Gasteiger partial charge is 0.461 e. The minimum Gasteiger partial charge on any atom is -0.461 e. The van der Waals surface area contributed by atoms with Crippen molar-refractivity contribution in [1.82, 2.24) is 0 Å². The molecule has 0 aliphatic carbocycles. The van der Waals surface area contributed by atoms with Gasteiger partial charge >= 0.3 is 0 Å². The maximum absolute atomic E-state index is 6.85. The molecule has 1 aliphatic heterocycles. The molecule has 0 spiro atoms. The highest BCUT2D eigenvalue weighted by atomic mass is 16.7. The number of ether oxygens (including phenoxy) is 6. The summed E-state index contributed by atoms with van der Waals surface area (Å²) in [4.78, 5) is 0. The Morgan fingerprint density at radius 3 is 1.35 bits per heavy atom. The first-order valence-electron chi connectivity index (χ1n) is 16.6. The molecule has 0 unspecified atom stereocenters. The molecular formula is C42H44O6. The van der Waals surface area contributed by atoms with Crippen molar-refractivity contribution in [2.75, 3.05) is 6.61 Å². The Kier molecular flexibility index (Phi) is 12.0. The first-order valence-corrected chi connectivity index (χ1v) is 16.6. The van der Waals surface area contributed by atoms with Gasteiger partial charge in [-0.3, -0.25) is 0 Å².